The van der Waals surface area contributed by atoms with E-state index in [1.165, 1.54) is 11.0 Å². The molecule has 1 aromatic carbocycles. The number of imide groups is 1. The summed E-state index contributed by atoms with van der Waals surface area (Å²) >= 11 is 0. The number of benzene rings is 1. The van der Waals surface area contributed by atoms with Crippen LogP contribution in [0.1, 0.15) is 54.1 Å². The number of nitrogens with one attached hydrogen (secondary N) is 1. The number of fused-ring (bicyclic) bond motifs is 1. The van der Waals surface area contributed by atoms with Crippen molar-refractivity contribution in [1.82, 2.24) is 10.2 Å². The molecule has 2 heterocycles. The first kappa shape index (κ1) is 14.7. The highest BCUT2D eigenvalue weighted by atomic mass is 19.1. The van der Waals surface area contributed by atoms with Gasteiger partial charge in [0.25, 0.3) is 5.91 Å². The van der Waals surface area contributed by atoms with Gasteiger partial charge in [-0.05, 0) is 24.0 Å². The fraction of sp³-hybridized carbons (Fsp3) is 0.438. The molecule has 1 atom stereocenters. The van der Waals surface area contributed by atoms with Crippen molar-refractivity contribution in [2.24, 2.45) is 0 Å². The lowest BCUT2D eigenvalue weighted by Crippen LogP contribution is -2.52. The lowest BCUT2D eigenvalue weighted by Gasteiger charge is -2.29. The Morgan fingerprint density at radius 3 is 2.64 bits per heavy atom. The normalized spacial score (nSPS) is 21.4. The van der Waals surface area contributed by atoms with E-state index < -0.39 is 17.8 Å². The minimum atomic E-state index is -0.711. The van der Waals surface area contributed by atoms with Gasteiger partial charge in [-0.3, -0.25) is 19.7 Å². The van der Waals surface area contributed by atoms with Crippen molar-refractivity contribution in [1.29, 1.82) is 0 Å². The first-order valence-electron chi connectivity index (χ1n) is 7.36. The summed E-state index contributed by atoms with van der Waals surface area (Å²) in [5.41, 5.74) is 1.51. The number of piperidine rings is 1. The van der Waals surface area contributed by atoms with Crippen LogP contribution in [0.25, 0.3) is 0 Å². The first-order chi connectivity index (χ1) is 10.4. The molecule has 0 aromatic heterocycles. The molecule has 1 aromatic rings. The van der Waals surface area contributed by atoms with Gasteiger partial charge in [0.05, 0.1) is 12.1 Å². The van der Waals surface area contributed by atoms with E-state index in [2.05, 4.69) is 5.32 Å². The van der Waals surface area contributed by atoms with Crippen LogP contribution >= 0.6 is 0 Å². The van der Waals surface area contributed by atoms with Gasteiger partial charge in [-0.1, -0.05) is 19.9 Å². The van der Waals surface area contributed by atoms with Crippen molar-refractivity contribution in [2.75, 3.05) is 0 Å². The summed E-state index contributed by atoms with van der Waals surface area (Å²) in [5, 5.41) is 2.24. The first-order valence-corrected chi connectivity index (χ1v) is 7.36. The van der Waals surface area contributed by atoms with Crippen LogP contribution in [-0.2, 0) is 16.1 Å². The zero-order valence-electron chi connectivity index (χ0n) is 12.5. The predicted octanol–water partition coefficient (Wildman–Crippen LogP) is 1.71. The average molecular weight is 304 g/mol. The Bertz CT molecular complexity index is 684. The maximum absolute atomic E-state index is 14.1. The Balaban J connectivity index is 1.98. The van der Waals surface area contributed by atoms with Gasteiger partial charge in [-0.25, -0.2) is 4.39 Å². The number of carbonyl (C=O) groups excluding carboxylic acids is 3. The van der Waals surface area contributed by atoms with Crippen LogP contribution in [-0.4, -0.2) is 28.7 Å². The van der Waals surface area contributed by atoms with E-state index in [-0.39, 0.29) is 37.1 Å². The second-order valence-corrected chi connectivity index (χ2v) is 6.04. The van der Waals surface area contributed by atoms with Crippen LogP contribution in [0.5, 0.6) is 0 Å². The number of halogens is 1. The molecule has 3 amide bonds. The van der Waals surface area contributed by atoms with Crippen LogP contribution < -0.4 is 5.32 Å². The number of nitrogens with zero attached hydrogens (tertiary/aromatic N) is 1. The largest absolute Gasteiger partial charge is 0.322 e. The summed E-state index contributed by atoms with van der Waals surface area (Å²) in [6.45, 7) is 3.96. The van der Waals surface area contributed by atoms with Gasteiger partial charge >= 0.3 is 0 Å². The number of carbonyl (C=O) groups is 3. The maximum atomic E-state index is 14.1. The Kier molecular flexibility index (Phi) is 3.47. The molecule has 116 valence electrons. The highest BCUT2D eigenvalue weighted by Crippen LogP contribution is 2.34. The lowest BCUT2D eigenvalue weighted by molar-refractivity contribution is -0.136. The molecule has 1 saturated heterocycles. The highest BCUT2D eigenvalue weighted by molar-refractivity contribution is 6.06. The summed E-state index contributed by atoms with van der Waals surface area (Å²) in [6, 6.07) is 2.29. The van der Waals surface area contributed by atoms with Gasteiger partial charge in [-0.2, -0.15) is 0 Å². The maximum Gasteiger partial charge on any atom is 0.255 e. The number of amides is 3. The molecule has 2 aliphatic heterocycles. The number of hydrogen-bond donors (Lipinski definition) is 1. The third-order valence-corrected chi connectivity index (χ3v) is 4.30. The summed E-state index contributed by atoms with van der Waals surface area (Å²) in [7, 11) is 0. The van der Waals surface area contributed by atoms with E-state index in [4.69, 9.17) is 0 Å². The molecular formula is C16H17FN2O3. The van der Waals surface area contributed by atoms with Crippen molar-refractivity contribution in [3.63, 3.8) is 0 Å². The molecule has 3 rings (SSSR count). The molecule has 5 nitrogen and oxygen atoms in total. The topological polar surface area (TPSA) is 66.5 Å². The molecular weight excluding hydrogens is 287 g/mol. The minimum absolute atomic E-state index is 0.0762. The van der Waals surface area contributed by atoms with E-state index >= 15 is 0 Å². The molecule has 0 radical (unpaired) electrons. The Morgan fingerprint density at radius 1 is 1.27 bits per heavy atom. The minimum Gasteiger partial charge on any atom is -0.322 e. The van der Waals surface area contributed by atoms with Crippen LogP contribution in [0, 0.1) is 5.82 Å². The van der Waals surface area contributed by atoms with E-state index in [0.717, 1.165) is 5.56 Å². The van der Waals surface area contributed by atoms with Crippen LogP contribution in [0.3, 0.4) is 0 Å². The summed E-state index contributed by atoms with van der Waals surface area (Å²) < 4.78 is 14.1. The third kappa shape index (κ3) is 2.19. The molecule has 1 fully saturated rings. The van der Waals surface area contributed by atoms with Crippen LogP contribution in [0.15, 0.2) is 12.1 Å². The molecule has 0 bridgehead atoms. The Hall–Kier alpha value is -2.24. The van der Waals surface area contributed by atoms with E-state index in [1.54, 1.807) is 6.07 Å². The smallest absolute Gasteiger partial charge is 0.255 e. The average Bonchev–Trinajstić information content (AvgIpc) is 2.78. The van der Waals surface area contributed by atoms with Crippen molar-refractivity contribution in [2.45, 2.75) is 45.2 Å². The van der Waals surface area contributed by atoms with Gasteiger partial charge < -0.3 is 4.90 Å². The predicted molar refractivity (Wildman–Crippen MR) is 76.5 cm³/mol. The number of hydrogen-bond acceptors (Lipinski definition) is 3. The van der Waals surface area contributed by atoms with Gasteiger partial charge in [0.1, 0.15) is 11.9 Å². The van der Waals surface area contributed by atoms with E-state index in [0.29, 0.717) is 11.1 Å². The summed E-state index contributed by atoms with van der Waals surface area (Å²) in [6.07, 6.45) is 0.471. The summed E-state index contributed by atoms with van der Waals surface area (Å²) in [5.74, 6) is -1.49. The zero-order chi connectivity index (χ0) is 16.0. The van der Waals surface area contributed by atoms with Crippen molar-refractivity contribution in [3.8, 4) is 0 Å². The van der Waals surface area contributed by atoms with Crippen LogP contribution in [0.4, 0.5) is 4.39 Å². The molecule has 0 spiro atoms. The third-order valence-electron chi connectivity index (χ3n) is 4.30. The fourth-order valence-corrected chi connectivity index (χ4v) is 3.15. The molecule has 0 aliphatic carbocycles. The van der Waals surface area contributed by atoms with Gasteiger partial charge in [0.2, 0.25) is 11.8 Å². The van der Waals surface area contributed by atoms with Crippen molar-refractivity contribution >= 4 is 17.7 Å². The quantitative estimate of drug-likeness (QED) is 0.846. The zero-order valence-corrected chi connectivity index (χ0v) is 12.5. The molecule has 1 unspecified atom stereocenters. The van der Waals surface area contributed by atoms with Crippen LogP contribution in [0.2, 0.25) is 0 Å². The van der Waals surface area contributed by atoms with Gasteiger partial charge in [-0.15, -0.1) is 0 Å². The molecule has 22 heavy (non-hydrogen) atoms. The Morgan fingerprint density at radius 2 is 2.00 bits per heavy atom. The lowest BCUT2D eigenvalue weighted by atomic mass is 9.94. The number of rotatable bonds is 2. The van der Waals surface area contributed by atoms with Gasteiger partial charge in [0, 0.05) is 12.0 Å². The monoisotopic (exact) mass is 304 g/mol. The van der Waals surface area contributed by atoms with Crippen molar-refractivity contribution < 1.29 is 18.8 Å². The van der Waals surface area contributed by atoms with Crippen molar-refractivity contribution in [3.05, 3.63) is 34.6 Å². The van der Waals surface area contributed by atoms with Gasteiger partial charge in [0.15, 0.2) is 0 Å². The molecule has 1 N–H and O–H groups in total. The highest BCUT2D eigenvalue weighted by Gasteiger charge is 2.41. The van der Waals surface area contributed by atoms with E-state index in [1.807, 2.05) is 13.8 Å². The standard InChI is InChI=1S/C16H17FN2O3/c1-8(2)9-3-4-11(17)10-7-19(16(22)14(9)10)12-5-6-13(20)18-15(12)21/h3-4,8,12H,5-7H2,1-2H3,(H,18,20,21). The Labute approximate surface area is 127 Å². The SMILES string of the molecule is CC(C)c1ccc(F)c2c1C(=O)N(C1CCC(=O)NC1=O)C2. The molecule has 2 aliphatic rings. The second-order valence-electron chi connectivity index (χ2n) is 6.04. The summed E-state index contributed by atoms with van der Waals surface area (Å²) in [4.78, 5) is 37.3. The fourth-order valence-electron chi connectivity index (χ4n) is 3.15. The molecule has 0 saturated carbocycles. The molecule has 6 heteroatoms. The van der Waals surface area contributed by atoms with E-state index in [9.17, 15) is 18.8 Å². The second kappa shape index (κ2) is 5.19.